The summed E-state index contributed by atoms with van der Waals surface area (Å²) in [6.07, 6.45) is 2.10. The molecule has 0 N–H and O–H groups in total. The van der Waals surface area contributed by atoms with Crippen LogP contribution in [0.25, 0.3) is 86.9 Å². The van der Waals surface area contributed by atoms with Crippen molar-refractivity contribution < 1.29 is 23.3 Å². The summed E-state index contributed by atoms with van der Waals surface area (Å²) in [4.78, 5) is 0. The van der Waals surface area contributed by atoms with Gasteiger partial charge in [0.15, 0.2) is 0 Å². The van der Waals surface area contributed by atoms with Crippen LogP contribution in [0.2, 0.25) is 0 Å². The van der Waals surface area contributed by atoms with Gasteiger partial charge in [0, 0.05) is 0 Å². The minimum Gasteiger partial charge on any atom is -0.184 e. The number of hydrogen-bond acceptors (Lipinski definition) is 0. The summed E-state index contributed by atoms with van der Waals surface area (Å²) in [7, 11) is 0. The number of benzene rings is 9. The molecule has 2 heteroatoms. The zero-order valence-corrected chi connectivity index (χ0v) is 37.4. The Morgan fingerprint density at radius 1 is 0.424 bits per heavy atom. The predicted octanol–water partition coefficient (Wildman–Crippen LogP) is 15.7. The van der Waals surface area contributed by atoms with Gasteiger partial charge >= 0.3 is 30.2 Å². The van der Waals surface area contributed by atoms with Crippen LogP contribution in [0.3, 0.4) is 0 Å². The maximum Gasteiger partial charge on any atom is -0.171 e. The summed E-state index contributed by atoms with van der Waals surface area (Å²) < 4.78 is 0. The topological polar surface area (TPSA) is 0 Å². The standard InChI is InChI=1S/2C25H19.C6H5.CH3.Si.Zr/c2*1-2-17-13-21-12-11-18-7-5-6-10-23(18)25(21)24(14-17)22-15-19-8-3-4-9-20(19)16-22;1-2-4-6-5-3-1;;;/h2*3-16H,2H2,1H3;1-5H;1H3;;/q4*-1;;. The van der Waals surface area contributed by atoms with Crippen LogP contribution < -0.4 is 0 Å². The number of rotatable bonds is 4. The largest absolute Gasteiger partial charge is 0.184 e. The molecule has 0 aliphatic rings. The first kappa shape index (κ1) is 41.5. The summed E-state index contributed by atoms with van der Waals surface area (Å²) in [5.74, 6) is 0. The quantitative estimate of drug-likeness (QED) is 0.0940. The Labute approximate surface area is 366 Å². The zero-order valence-electron chi connectivity index (χ0n) is 34.0. The van der Waals surface area contributed by atoms with Crippen molar-refractivity contribution >= 4 is 71.5 Å². The predicted molar refractivity (Wildman–Crippen MR) is 256 cm³/mol. The van der Waals surface area contributed by atoms with Crippen molar-refractivity contribution in [1.29, 1.82) is 0 Å². The molecule has 0 heterocycles. The smallest absolute Gasteiger partial charge is 0.171 e. The Bertz CT molecular complexity index is 2840. The van der Waals surface area contributed by atoms with Crippen LogP contribution in [0, 0.1) is 13.5 Å². The van der Waals surface area contributed by atoms with Gasteiger partial charge in [0.1, 0.15) is 0 Å². The van der Waals surface area contributed by atoms with E-state index >= 15 is 0 Å². The summed E-state index contributed by atoms with van der Waals surface area (Å²) in [6.45, 7) is 7.52. The van der Waals surface area contributed by atoms with Gasteiger partial charge in [0.25, 0.3) is 0 Å². The molecule has 0 bridgehead atoms. The normalized spacial score (nSPS) is 10.7. The molecule has 0 unspecified atom stereocenters. The van der Waals surface area contributed by atoms with Crippen molar-refractivity contribution in [1.82, 2.24) is 0 Å². The molecule has 59 heavy (non-hydrogen) atoms. The average molecular weight is 850 g/mol. The second-order valence-electron chi connectivity index (χ2n) is 14.6. The third-order valence-electron chi connectivity index (χ3n) is 11.1. The maximum absolute atomic E-state index is 3.06. The Morgan fingerprint density at radius 3 is 1.19 bits per heavy atom. The molecule has 0 saturated heterocycles. The van der Waals surface area contributed by atoms with Crippen molar-refractivity contribution in [3.05, 3.63) is 225 Å². The number of hydrogen-bond donors (Lipinski definition) is 0. The van der Waals surface area contributed by atoms with E-state index in [0.29, 0.717) is 0 Å². The Balaban J connectivity index is 0.000000149. The SMILES string of the molecule is CCc1cc(-c2cc3ccccc3[cH-]2)c2c(ccc3ccccc32)c1.CCc1cc(-c2cc3ccccc3[cH-]2)c2c(ccc3ccccc32)c1.[CH3-].[Si]=[Zr].[c-]1ccccc1. The molecule has 0 spiro atoms. The molecule has 0 atom stereocenters. The van der Waals surface area contributed by atoms with E-state index in [4.69, 9.17) is 0 Å². The first-order valence-corrected chi connectivity index (χ1v) is 24.2. The average Bonchev–Trinajstić information content (AvgIpc) is 3.95. The second kappa shape index (κ2) is 19.4. The Morgan fingerprint density at radius 2 is 0.814 bits per heavy atom. The van der Waals surface area contributed by atoms with Crippen LogP contribution in [0.5, 0.6) is 0 Å². The Hall–Kier alpha value is -5.66. The monoisotopic (exact) mass is 848 g/mol. The number of aryl methyl sites for hydroxylation is 2. The van der Waals surface area contributed by atoms with Crippen LogP contribution in [0.4, 0.5) is 0 Å². The van der Waals surface area contributed by atoms with Crippen molar-refractivity contribution in [3.63, 3.8) is 0 Å². The summed E-state index contributed by atoms with van der Waals surface area (Å²) in [5.41, 5.74) is 8.12. The minimum absolute atomic E-state index is 0. The first-order valence-electron chi connectivity index (χ1n) is 20.0. The fourth-order valence-electron chi connectivity index (χ4n) is 8.23. The van der Waals surface area contributed by atoms with E-state index in [1.165, 1.54) is 121 Å². The molecular formula is C57H46SiZr-4. The van der Waals surface area contributed by atoms with Crippen LogP contribution in [-0.4, -0.2) is 6.88 Å². The van der Waals surface area contributed by atoms with Gasteiger partial charge in [0.2, 0.25) is 0 Å². The summed E-state index contributed by atoms with van der Waals surface area (Å²) in [6, 6.07) is 74.9. The third kappa shape index (κ3) is 8.86. The van der Waals surface area contributed by atoms with Crippen LogP contribution in [-0.2, 0) is 36.2 Å². The van der Waals surface area contributed by atoms with Crippen LogP contribution in [0.1, 0.15) is 25.0 Å². The molecule has 2 radical (unpaired) electrons. The van der Waals surface area contributed by atoms with E-state index in [1.807, 2.05) is 30.3 Å². The molecule has 11 rings (SSSR count). The molecule has 0 aromatic heterocycles. The van der Waals surface area contributed by atoms with Crippen molar-refractivity contribution in [2.75, 3.05) is 0 Å². The molecule has 0 saturated carbocycles. The van der Waals surface area contributed by atoms with Gasteiger partial charge in [-0.25, -0.2) is 0 Å². The Kier molecular flexibility index (Phi) is 13.6. The van der Waals surface area contributed by atoms with E-state index in [9.17, 15) is 0 Å². The molecule has 0 aliphatic carbocycles. The minimum atomic E-state index is 0. The van der Waals surface area contributed by atoms with Gasteiger partial charge < -0.3 is 7.43 Å². The molecule has 0 nitrogen and oxygen atoms in total. The third-order valence-corrected chi connectivity index (χ3v) is 11.1. The van der Waals surface area contributed by atoms with Gasteiger partial charge in [-0.05, 0) is 55.9 Å². The van der Waals surface area contributed by atoms with Crippen LogP contribution >= 0.6 is 0 Å². The number of fused-ring (bicyclic) bond motifs is 8. The molecule has 286 valence electrons. The summed E-state index contributed by atoms with van der Waals surface area (Å²) >= 11 is 1.36. The molecule has 0 fully saturated rings. The maximum atomic E-state index is 3.06. The fourth-order valence-corrected chi connectivity index (χ4v) is 8.23. The molecule has 11 aromatic rings. The molecular weight excluding hydrogens is 804 g/mol. The molecule has 0 aliphatic heterocycles. The van der Waals surface area contributed by atoms with E-state index in [2.05, 4.69) is 197 Å². The van der Waals surface area contributed by atoms with Crippen molar-refractivity contribution in [2.24, 2.45) is 0 Å². The van der Waals surface area contributed by atoms with Gasteiger partial charge in [-0.3, -0.25) is 0 Å². The second-order valence-corrected chi connectivity index (χ2v) is 14.6. The van der Waals surface area contributed by atoms with Crippen molar-refractivity contribution in [3.8, 4) is 22.3 Å². The molecule has 0 amide bonds. The van der Waals surface area contributed by atoms with Crippen molar-refractivity contribution in [2.45, 2.75) is 26.7 Å². The van der Waals surface area contributed by atoms with Gasteiger partial charge in [-0.1, -0.05) is 170 Å². The van der Waals surface area contributed by atoms with Crippen LogP contribution in [0.15, 0.2) is 200 Å². The van der Waals surface area contributed by atoms with E-state index in [0.717, 1.165) is 12.8 Å². The van der Waals surface area contributed by atoms with E-state index in [1.54, 1.807) is 0 Å². The van der Waals surface area contributed by atoms with Gasteiger partial charge in [0.05, 0.1) is 0 Å². The molecule has 11 aromatic carbocycles. The van der Waals surface area contributed by atoms with Gasteiger partial charge in [-0.2, -0.15) is 36.4 Å². The summed E-state index contributed by atoms with van der Waals surface area (Å²) in [5, 5.41) is 15.9. The van der Waals surface area contributed by atoms with Gasteiger partial charge in [-0.15, -0.1) is 69.1 Å². The first-order chi connectivity index (χ1) is 28.7. The van der Waals surface area contributed by atoms with E-state index in [-0.39, 0.29) is 7.43 Å². The van der Waals surface area contributed by atoms with E-state index < -0.39 is 0 Å². The fraction of sp³-hybridized carbons (Fsp3) is 0.0702. The zero-order chi connectivity index (χ0) is 39.8.